The summed E-state index contributed by atoms with van der Waals surface area (Å²) in [7, 11) is -3.32. The molecule has 8 nitrogen and oxygen atoms in total. The van der Waals surface area contributed by atoms with Crippen LogP contribution < -0.4 is 14.8 Å². The Labute approximate surface area is 189 Å². The Kier molecular flexibility index (Phi) is 6.45. The zero-order valence-electron chi connectivity index (χ0n) is 17.2. The molecule has 168 valence electrons. The van der Waals surface area contributed by atoms with Crippen LogP contribution in [-0.4, -0.2) is 42.9 Å². The number of hydrogen-bond acceptors (Lipinski definition) is 8. The smallest absolute Gasteiger partial charge is 0.257 e. The number of thiazole rings is 1. The quantitative estimate of drug-likeness (QED) is 0.534. The Hall–Kier alpha value is -2.95. The van der Waals surface area contributed by atoms with Crippen molar-refractivity contribution in [3.63, 3.8) is 0 Å². The number of nitrogens with one attached hydrogen (secondary N) is 1. The molecule has 1 saturated carbocycles. The van der Waals surface area contributed by atoms with Crippen LogP contribution in [0.5, 0.6) is 17.2 Å². The Morgan fingerprint density at radius 3 is 2.50 bits per heavy atom. The second-order valence-corrected chi connectivity index (χ2v) is 10.4. The molecule has 0 aliphatic heterocycles. The lowest BCUT2D eigenvalue weighted by atomic mass is 10.1. The lowest BCUT2D eigenvalue weighted by molar-refractivity contribution is 0.0602. The number of carbonyl (C=O) groups excluding carboxylic acids is 1. The minimum absolute atomic E-state index is 0.181. The number of aliphatic hydroxyl groups is 1. The van der Waals surface area contributed by atoms with Crippen LogP contribution >= 0.6 is 11.3 Å². The molecule has 1 fully saturated rings. The van der Waals surface area contributed by atoms with Crippen molar-refractivity contribution < 1.29 is 27.8 Å². The fraction of sp³-hybridized carbons (Fsp3) is 0.273. The molecule has 0 saturated heterocycles. The predicted molar refractivity (Wildman–Crippen MR) is 120 cm³/mol. The Balaban J connectivity index is 1.60. The van der Waals surface area contributed by atoms with E-state index in [-0.39, 0.29) is 16.9 Å². The second kappa shape index (κ2) is 9.27. The highest BCUT2D eigenvalue weighted by Crippen LogP contribution is 2.31. The molecule has 2 aromatic carbocycles. The Morgan fingerprint density at radius 2 is 1.88 bits per heavy atom. The number of hydrogen-bond donors (Lipinski definition) is 2. The Morgan fingerprint density at radius 1 is 1.12 bits per heavy atom. The number of nitrogens with zero attached hydrogens (tertiary/aromatic N) is 1. The van der Waals surface area contributed by atoms with Gasteiger partial charge in [-0.15, -0.1) is 11.3 Å². The van der Waals surface area contributed by atoms with Crippen LogP contribution in [0.3, 0.4) is 0 Å². The standard InChI is InChI=1S/C22H22N2O6S2/c1-32(27,28)18-7-5-15(6-8-18)29-16-11-14(21(26)24-22-23-9-10-31-22)12-17(13-16)30-20-4-2-3-19(20)25/h5-13,19-20,25H,2-4H2,1H3,(H,23,24,26)/t19-,20+/m0/s1. The minimum Gasteiger partial charge on any atom is -0.488 e. The highest BCUT2D eigenvalue weighted by atomic mass is 32.2. The van der Waals surface area contributed by atoms with Gasteiger partial charge in [0.2, 0.25) is 0 Å². The van der Waals surface area contributed by atoms with Crippen molar-refractivity contribution in [3.05, 3.63) is 59.6 Å². The zero-order valence-corrected chi connectivity index (χ0v) is 18.9. The van der Waals surface area contributed by atoms with E-state index < -0.39 is 15.9 Å². The highest BCUT2D eigenvalue weighted by molar-refractivity contribution is 7.90. The van der Waals surface area contributed by atoms with Crippen LogP contribution in [0.4, 0.5) is 5.13 Å². The average Bonchev–Trinajstić information content (AvgIpc) is 3.39. The predicted octanol–water partition coefficient (Wildman–Crippen LogP) is 3.88. The van der Waals surface area contributed by atoms with Gasteiger partial charge in [-0.1, -0.05) is 0 Å². The molecule has 4 rings (SSSR count). The number of amides is 1. The van der Waals surface area contributed by atoms with E-state index >= 15 is 0 Å². The average molecular weight is 475 g/mol. The summed E-state index contributed by atoms with van der Waals surface area (Å²) in [5, 5.41) is 15.0. The van der Waals surface area contributed by atoms with Crippen LogP contribution in [0, 0.1) is 0 Å². The molecule has 0 unspecified atom stereocenters. The largest absolute Gasteiger partial charge is 0.488 e. The van der Waals surface area contributed by atoms with Gasteiger partial charge in [-0.3, -0.25) is 10.1 Å². The lowest BCUT2D eigenvalue weighted by Gasteiger charge is -2.18. The van der Waals surface area contributed by atoms with Crippen LogP contribution in [0.2, 0.25) is 0 Å². The number of rotatable bonds is 7. The number of aromatic nitrogens is 1. The third-order valence-corrected chi connectivity index (χ3v) is 6.80. The molecule has 0 spiro atoms. The molecule has 0 radical (unpaired) electrons. The SMILES string of the molecule is CS(=O)(=O)c1ccc(Oc2cc(O[C@@H]3CCC[C@@H]3O)cc(C(=O)Nc3nccs3)c2)cc1. The van der Waals surface area contributed by atoms with Crippen LogP contribution in [0.15, 0.2) is 58.9 Å². The van der Waals surface area contributed by atoms with E-state index in [0.29, 0.717) is 34.4 Å². The van der Waals surface area contributed by atoms with E-state index in [0.717, 1.165) is 19.1 Å². The molecular weight excluding hydrogens is 452 g/mol. The molecule has 0 bridgehead atoms. The molecule has 1 aliphatic carbocycles. The number of aliphatic hydroxyl groups excluding tert-OH is 1. The van der Waals surface area contributed by atoms with E-state index in [2.05, 4.69) is 10.3 Å². The molecule has 2 N–H and O–H groups in total. The maximum Gasteiger partial charge on any atom is 0.257 e. The van der Waals surface area contributed by atoms with Gasteiger partial charge in [0.05, 0.1) is 11.0 Å². The summed E-state index contributed by atoms with van der Waals surface area (Å²) in [4.78, 5) is 17.0. The normalized spacial score (nSPS) is 18.3. The molecule has 1 aliphatic rings. The van der Waals surface area contributed by atoms with Gasteiger partial charge in [-0.05, 0) is 55.7 Å². The fourth-order valence-corrected chi connectivity index (χ4v) is 4.55. The number of carbonyl (C=O) groups is 1. The first-order valence-electron chi connectivity index (χ1n) is 9.96. The van der Waals surface area contributed by atoms with Gasteiger partial charge in [-0.2, -0.15) is 0 Å². The van der Waals surface area contributed by atoms with Crippen molar-refractivity contribution >= 4 is 32.2 Å². The van der Waals surface area contributed by atoms with E-state index in [9.17, 15) is 18.3 Å². The summed E-state index contributed by atoms with van der Waals surface area (Å²) in [6, 6.07) is 10.8. The first kappa shape index (κ1) is 22.3. The van der Waals surface area contributed by atoms with Gasteiger partial charge in [0, 0.05) is 29.5 Å². The fourth-order valence-electron chi connectivity index (χ4n) is 3.39. The van der Waals surface area contributed by atoms with E-state index in [1.165, 1.54) is 23.5 Å². The van der Waals surface area contributed by atoms with Gasteiger partial charge in [0.25, 0.3) is 5.91 Å². The minimum atomic E-state index is -3.32. The van der Waals surface area contributed by atoms with Crippen LogP contribution in [0.25, 0.3) is 0 Å². The molecule has 2 atom stereocenters. The van der Waals surface area contributed by atoms with Gasteiger partial charge in [0.1, 0.15) is 23.4 Å². The molecule has 10 heteroatoms. The van der Waals surface area contributed by atoms with Crippen molar-refractivity contribution in [1.29, 1.82) is 0 Å². The molecule has 32 heavy (non-hydrogen) atoms. The molecular formula is C22H22N2O6S2. The number of benzene rings is 2. The maximum atomic E-state index is 12.8. The summed E-state index contributed by atoms with van der Waals surface area (Å²) < 4.78 is 35.2. The third-order valence-electron chi connectivity index (χ3n) is 4.99. The summed E-state index contributed by atoms with van der Waals surface area (Å²) in [5.41, 5.74) is 0.299. The van der Waals surface area contributed by atoms with Gasteiger partial charge in [-0.25, -0.2) is 13.4 Å². The summed E-state index contributed by atoms with van der Waals surface area (Å²) in [6.07, 6.45) is 4.08. The molecule has 1 aromatic heterocycles. The number of ether oxygens (including phenoxy) is 2. The van der Waals surface area contributed by atoms with Crippen LogP contribution in [0.1, 0.15) is 29.6 Å². The van der Waals surface area contributed by atoms with Gasteiger partial charge in [0.15, 0.2) is 15.0 Å². The first-order chi connectivity index (χ1) is 15.3. The van der Waals surface area contributed by atoms with Crippen molar-refractivity contribution in [2.24, 2.45) is 0 Å². The summed E-state index contributed by atoms with van der Waals surface area (Å²) in [6.45, 7) is 0. The third kappa shape index (κ3) is 5.45. The van der Waals surface area contributed by atoms with Crippen molar-refractivity contribution in [2.75, 3.05) is 11.6 Å². The van der Waals surface area contributed by atoms with Gasteiger partial charge >= 0.3 is 0 Å². The van der Waals surface area contributed by atoms with Crippen molar-refractivity contribution in [1.82, 2.24) is 4.98 Å². The first-order valence-corrected chi connectivity index (χ1v) is 12.7. The lowest BCUT2D eigenvalue weighted by Crippen LogP contribution is -2.25. The molecule has 1 heterocycles. The summed E-state index contributed by atoms with van der Waals surface area (Å²) in [5.74, 6) is 0.758. The Bertz CT molecular complexity index is 1190. The van der Waals surface area contributed by atoms with Crippen molar-refractivity contribution in [2.45, 2.75) is 36.4 Å². The molecule has 1 amide bonds. The second-order valence-electron chi connectivity index (χ2n) is 7.48. The molecule has 3 aromatic rings. The van der Waals surface area contributed by atoms with Gasteiger partial charge < -0.3 is 14.6 Å². The maximum absolute atomic E-state index is 12.8. The van der Waals surface area contributed by atoms with E-state index in [1.54, 1.807) is 41.9 Å². The summed E-state index contributed by atoms with van der Waals surface area (Å²) >= 11 is 1.30. The van der Waals surface area contributed by atoms with Crippen molar-refractivity contribution in [3.8, 4) is 17.2 Å². The topological polar surface area (TPSA) is 115 Å². The monoisotopic (exact) mass is 474 g/mol. The zero-order chi connectivity index (χ0) is 22.7. The number of anilines is 1. The van der Waals surface area contributed by atoms with E-state index in [1.807, 2.05) is 0 Å². The highest BCUT2D eigenvalue weighted by Gasteiger charge is 2.27. The van der Waals surface area contributed by atoms with E-state index in [4.69, 9.17) is 9.47 Å². The number of sulfone groups is 1. The van der Waals surface area contributed by atoms with Crippen LogP contribution in [-0.2, 0) is 9.84 Å².